The van der Waals surface area contributed by atoms with Crippen molar-refractivity contribution in [1.29, 1.82) is 0 Å². The Kier molecular flexibility index (Phi) is 5.56. The molecule has 1 N–H and O–H groups in total. The summed E-state index contributed by atoms with van der Waals surface area (Å²) in [6, 6.07) is 5.43. The Hall–Kier alpha value is -0.280. The summed E-state index contributed by atoms with van der Waals surface area (Å²) in [5.41, 5.74) is 3.90. The average Bonchev–Trinajstić information content (AvgIpc) is 2.21. The molecule has 1 rings (SSSR count). The molecular formula is C12H17Cl2NO. The Morgan fingerprint density at radius 3 is 2.56 bits per heavy atom. The molecule has 0 bridgehead atoms. The number of nitrogens with one attached hydrogen (secondary N) is 1. The van der Waals surface area contributed by atoms with E-state index in [9.17, 15) is 0 Å². The second kappa shape index (κ2) is 6.45. The molecule has 2 nitrogen and oxygen atoms in total. The molecule has 0 saturated carbocycles. The Morgan fingerprint density at radius 1 is 1.25 bits per heavy atom. The second-order valence-corrected chi connectivity index (χ2v) is 5.05. The van der Waals surface area contributed by atoms with Crippen LogP contribution >= 0.6 is 23.2 Å². The minimum atomic E-state index is 0.0185. The van der Waals surface area contributed by atoms with E-state index >= 15 is 0 Å². The maximum absolute atomic E-state index is 6.08. The summed E-state index contributed by atoms with van der Waals surface area (Å²) in [6.45, 7) is 6.85. The molecule has 4 heteroatoms. The van der Waals surface area contributed by atoms with Gasteiger partial charge in [0.2, 0.25) is 0 Å². The summed E-state index contributed by atoms with van der Waals surface area (Å²) in [5.74, 6) is 0.495. The molecule has 0 aromatic heterocycles. The minimum Gasteiger partial charge on any atom is -0.301 e. The topological polar surface area (TPSA) is 21.3 Å². The first kappa shape index (κ1) is 13.8. The molecule has 0 fully saturated rings. The van der Waals surface area contributed by atoms with Crippen molar-refractivity contribution in [2.24, 2.45) is 5.92 Å². The van der Waals surface area contributed by atoms with Crippen LogP contribution in [-0.4, -0.2) is 6.61 Å². The number of rotatable bonds is 5. The molecule has 0 aliphatic carbocycles. The van der Waals surface area contributed by atoms with E-state index in [1.807, 2.05) is 13.0 Å². The maximum atomic E-state index is 6.08. The molecule has 0 radical (unpaired) electrons. The highest BCUT2D eigenvalue weighted by Crippen LogP contribution is 2.26. The third-order valence-corrected chi connectivity index (χ3v) is 2.68. The summed E-state index contributed by atoms with van der Waals surface area (Å²) in [5, 5.41) is 1.37. The normalized spacial score (nSPS) is 13.1. The van der Waals surface area contributed by atoms with Gasteiger partial charge in [-0.05, 0) is 36.6 Å². The number of hydrogen-bond donors (Lipinski definition) is 1. The molecule has 90 valence electrons. The molecule has 0 saturated heterocycles. The Bertz CT molecular complexity index is 342. The van der Waals surface area contributed by atoms with Gasteiger partial charge in [0.05, 0.1) is 12.6 Å². The first-order chi connectivity index (χ1) is 7.50. The van der Waals surface area contributed by atoms with Gasteiger partial charge >= 0.3 is 0 Å². The van der Waals surface area contributed by atoms with Crippen LogP contribution in [0.4, 0.5) is 0 Å². The fourth-order valence-electron chi connectivity index (χ4n) is 1.25. The molecule has 1 unspecified atom stereocenters. The van der Waals surface area contributed by atoms with Gasteiger partial charge < -0.3 is 4.84 Å². The van der Waals surface area contributed by atoms with Gasteiger partial charge in [0, 0.05) is 10.0 Å². The SMILES string of the molecule is CC(C)CONC(C)c1cc(Cl)ccc1Cl. The van der Waals surface area contributed by atoms with Crippen molar-refractivity contribution in [3.05, 3.63) is 33.8 Å². The van der Waals surface area contributed by atoms with Crippen molar-refractivity contribution in [2.75, 3.05) is 6.61 Å². The van der Waals surface area contributed by atoms with Gasteiger partial charge in [0.25, 0.3) is 0 Å². The monoisotopic (exact) mass is 261 g/mol. The summed E-state index contributed by atoms with van der Waals surface area (Å²) in [4.78, 5) is 5.35. The van der Waals surface area contributed by atoms with E-state index in [0.29, 0.717) is 22.6 Å². The lowest BCUT2D eigenvalue weighted by Crippen LogP contribution is -2.21. The highest BCUT2D eigenvalue weighted by molar-refractivity contribution is 6.33. The third-order valence-electron chi connectivity index (χ3n) is 2.10. The van der Waals surface area contributed by atoms with Crippen LogP contribution in [0.3, 0.4) is 0 Å². The number of benzene rings is 1. The molecular weight excluding hydrogens is 245 g/mol. The molecule has 0 heterocycles. The Balaban J connectivity index is 2.58. The van der Waals surface area contributed by atoms with Crippen LogP contribution in [0.2, 0.25) is 10.0 Å². The van der Waals surface area contributed by atoms with E-state index in [1.54, 1.807) is 12.1 Å². The molecule has 1 atom stereocenters. The van der Waals surface area contributed by atoms with Gasteiger partial charge in [0.15, 0.2) is 0 Å². The van der Waals surface area contributed by atoms with Gasteiger partial charge in [-0.1, -0.05) is 37.0 Å². The summed E-state index contributed by atoms with van der Waals surface area (Å²) in [7, 11) is 0. The molecule has 16 heavy (non-hydrogen) atoms. The lowest BCUT2D eigenvalue weighted by molar-refractivity contribution is 0.00411. The van der Waals surface area contributed by atoms with E-state index in [4.69, 9.17) is 28.0 Å². The molecule has 0 amide bonds. The molecule has 1 aromatic rings. The third kappa shape index (κ3) is 4.30. The van der Waals surface area contributed by atoms with Gasteiger partial charge in [-0.2, -0.15) is 5.48 Å². The number of hydrogen-bond acceptors (Lipinski definition) is 2. The first-order valence-electron chi connectivity index (χ1n) is 5.33. The quantitative estimate of drug-likeness (QED) is 0.802. The van der Waals surface area contributed by atoms with Crippen molar-refractivity contribution in [3.8, 4) is 0 Å². The predicted octanol–water partition coefficient (Wildman–Crippen LogP) is 4.23. The molecule has 0 spiro atoms. The summed E-state index contributed by atoms with van der Waals surface area (Å²) in [6.07, 6.45) is 0. The zero-order chi connectivity index (χ0) is 12.1. The Labute approximate surface area is 107 Å². The van der Waals surface area contributed by atoms with Crippen LogP contribution in [0.1, 0.15) is 32.4 Å². The van der Waals surface area contributed by atoms with Crippen molar-refractivity contribution >= 4 is 23.2 Å². The lowest BCUT2D eigenvalue weighted by atomic mass is 10.1. The number of hydroxylamine groups is 1. The van der Waals surface area contributed by atoms with Gasteiger partial charge in [-0.15, -0.1) is 0 Å². The van der Waals surface area contributed by atoms with E-state index < -0.39 is 0 Å². The zero-order valence-corrected chi connectivity index (χ0v) is 11.3. The highest BCUT2D eigenvalue weighted by Gasteiger charge is 2.10. The van der Waals surface area contributed by atoms with Crippen LogP contribution in [-0.2, 0) is 4.84 Å². The molecule has 0 aliphatic heterocycles. The highest BCUT2D eigenvalue weighted by atomic mass is 35.5. The first-order valence-corrected chi connectivity index (χ1v) is 6.08. The number of halogens is 2. The van der Waals surface area contributed by atoms with Crippen LogP contribution in [0.15, 0.2) is 18.2 Å². The standard InChI is InChI=1S/C12H17Cl2NO/c1-8(2)7-16-15-9(3)11-6-10(13)4-5-12(11)14/h4-6,8-9,15H,7H2,1-3H3. The van der Waals surface area contributed by atoms with Crippen molar-refractivity contribution in [1.82, 2.24) is 5.48 Å². The summed E-state index contributed by atoms with van der Waals surface area (Å²) >= 11 is 12.0. The van der Waals surface area contributed by atoms with Gasteiger partial charge in [-0.3, -0.25) is 0 Å². The van der Waals surface area contributed by atoms with Crippen LogP contribution in [0, 0.1) is 5.92 Å². The minimum absolute atomic E-state index is 0.0185. The van der Waals surface area contributed by atoms with Crippen LogP contribution in [0.25, 0.3) is 0 Å². The average molecular weight is 262 g/mol. The second-order valence-electron chi connectivity index (χ2n) is 4.21. The zero-order valence-electron chi connectivity index (χ0n) is 9.76. The van der Waals surface area contributed by atoms with Crippen molar-refractivity contribution < 1.29 is 4.84 Å². The molecule has 1 aromatic carbocycles. The van der Waals surface area contributed by atoms with Crippen molar-refractivity contribution in [2.45, 2.75) is 26.8 Å². The largest absolute Gasteiger partial charge is 0.301 e. The maximum Gasteiger partial charge on any atom is 0.0705 e. The van der Waals surface area contributed by atoms with Crippen LogP contribution < -0.4 is 5.48 Å². The van der Waals surface area contributed by atoms with E-state index in [2.05, 4.69) is 19.3 Å². The van der Waals surface area contributed by atoms with Crippen molar-refractivity contribution in [3.63, 3.8) is 0 Å². The smallest absolute Gasteiger partial charge is 0.0705 e. The van der Waals surface area contributed by atoms with E-state index in [0.717, 1.165) is 5.56 Å². The van der Waals surface area contributed by atoms with Crippen LogP contribution in [0.5, 0.6) is 0 Å². The van der Waals surface area contributed by atoms with Gasteiger partial charge in [0.1, 0.15) is 0 Å². The fourth-order valence-corrected chi connectivity index (χ4v) is 1.71. The van der Waals surface area contributed by atoms with Gasteiger partial charge in [-0.25, -0.2) is 0 Å². The summed E-state index contributed by atoms with van der Waals surface area (Å²) < 4.78 is 0. The van der Waals surface area contributed by atoms with E-state index in [1.165, 1.54) is 0 Å². The Morgan fingerprint density at radius 2 is 1.94 bits per heavy atom. The lowest BCUT2D eigenvalue weighted by Gasteiger charge is -2.16. The molecule has 0 aliphatic rings. The predicted molar refractivity (Wildman–Crippen MR) is 68.8 cm³/mol. The van der Waals surface area contributed by atoms with E-state index in [-0.39, 0.29) is 6.04 Å². The fraction of sp³-hybridized carbons (Fsp3) is 0.500.